The molecule has 0 saturated carbocycles. The molecule has 0 bridgehead atoms. The van der Waals surface area contributed by atoms with E-state index in [0.717, 1.165) is 32.0 Å². The molecule has 5 nitrogen and oxygen atoms in total. The molecule has 1 unspecified atom stereocenters. The lowest BCUT2D eigenvalue weighted by Crippen LogP contribution is -2.51. The van der Waals surface area contributed by atoms with Gasteiger partial charge in [-0.3, -0.25) is 0 Å². The Morgan fingerprint density at radius 3 is 2.50 bits per heavy atom. The minimum Gasteiger partial charge on any atom is -0.337 e. The molecule has 0 aliphatic carbocycles. The summed E-state index contributed by atoms with van der Waals surface area (Å²) in [6.07, 6.45) is 3.83. The fourth-order valence-electron chi connectivity index (χ4n) is 2.06. The number of hydrogen-bond acceptors (Lipinski definition) is 4. The average molecular weight is 223 g/mol. The average Bonchev–Trinajstić information content (AvgIpc) is 2.68. The van der Waals surface area contributed by atoms with Crippen molar-refractivity contribution in [2.75, 3.05) is 33.2 Å². The van der Waals surface area contributed by atoms with E-state index in [1.807, 2.05) is 19.4 Å². The first-order valence-electron chi connectivity index (χ1n) is 5.83. The molecule has 90 valence electrons. The second-order valence-electron chi connectivity index (χ2n) is 4.54. The first-order chi connectivity index (χ1) is 7.66. The standard InChI is InChI=1S/C11H21N5/c1-10(11-12-4-5-15(11)3)13-16-8-6-14(2)7-9-16/h4-5,10,13H,6-9H2,1-3H3. The van der Waals surface area contributed by atoms with Crippen molar-refractivity contribution < 1.29 is 0 Å². The van der Waals surface area contributed by atoms with Crippen LogP contribution in [0.2, 0.25) is 0 Å². The van der Waals surface area contributed by atoms with Gasteiger partial charge in [-0.05, 0) is 14.0 Å². The van der Waals surface area contributed by atoms with Gasteiger partial charge in [0.05, 0.1) is 6.04 Å². The van der Waals surface area contributed by atoms with Crippen LogP contribution in [0.3, 0.4) is 0 Å². The fourth-order valence-corrected chi connectivity index (χ4v) is 2.06. The van der Waals surface area contributed by atoms with Crippen LogP contribution >= 0.6 is 0 Å². The number of imidazole rings is 1. The topological polar surface area (TPSA) is 36.3 Å². The molecule has 1 aliphatic rings. The Bertz CT molecular complexity index is 327. The number of hydrazine groups is 1. The van der Waals surface area contributed by atoms with Gasteiger partial charge in [0.25, 0.3) is 0 Å². The molecule has 0 aromatic carbocycles. The largest absolute Gasteiger partial charge is 0.337 e. The van der Waals surface area contributed by atoms with E-state index in [2.05, 4.69) is 38.9 Å². The molecule has 1 saturated heterocycles. The second kappa shape index (κ2) is 4.95. The number of likely N-dealkylation sites (N-methyl/N-ethyl adjacent to an activating group) is 1. The van der Waals surface area contributed by atoms with E-state index < -0.39 is 0 Å². The van der Waals surface area contributed by atoms with E-state index in [-0.39, 0.29) is 6.04 Å². The monoisotopic (exact) mass is 223 g/mol. The predicted molar refractivity (Wildman–Crippen MR) is 63.8 cm³/mol. The van der Waals surface area contributed by atoms with Gasteiger partial charge in [0.2, 0.25) is 0 Å². The number of nitrogens with one attached hydrogen (secondary N) is 1. The van der Waals surface area contributed by atoms with Crippen LogP contribution in [-0.4, -0.2) is 52.7 Å². The van der Waals surface area contributed by atoms with Crippen LogP contribution in [0.15, 0.2) is 12.4 Å². The minimum atomic E-state index is 0.267. The van der Waals surface area contributed by atoms with E-state index in [0.29, 0.717) is 0 Å². The van der Waals surface area contributed by atoms with Gasteiger partial charge in [0.15, 0.2) is 0 Å². The number of nitrogens with zero attached hydrogens (tertiary/aromatic N) is 4. The molecule has 1 aromatic rings. The van der Waals surface area contributed by atoms with Gasteiger partial charge in [-0.15, -0.1) is 0 Å². The van der Waals surface area contributed by atoms with Crippen LogP contribution < -0.4 is 5.43 Å². The van der Waals surface area contributed by atoms with E-state index in [9.17, 15) is 0 Å². The summed E-state index contributed by atoms with van der Waals surface area (Å²) in [7, 11) is 4.20. The fraction of sp³-hybridized carbons (Fsp3) is 0.727. The molecule has 0 amide bonds. The second-order valence-corrected chi connectivity index (χ2v) is 4.54. The van der Waals surface area contributed by atoms with Crippen LogP contribution in [0.1, 0.15) is 18.8 Å². The van der Waals surface area contributed by atoms with Crippen molar-refractivity contribution in [3.8, 4) is 0 Å². The van der Waals surface area contributed by atoms with E-state index in [4.69, 9.17) is 0 Å². The van der Waals surface area contributed by atoms with Crippen LogP contribution in [0, 0.1) is 0 Å². The summed E-state index contributed by atoms with van der Waals surface area (Å²) in [5, 5.41) is 2.29. The van der Waals surface area contributed by atoms with Crippen molar-refractivity contribution >= 4 is 0 Å². The summed E-state index contributed by atoms with van der Waals surface area (Å²) in [6, 6.07) is 0.267. The van der Waals surface area contributed by atoms with E-state index >= 15 is 0 Å². The van der Waals surface area contributed by atoms with Crippen LogP contribution in [0.25, 0.3) is 0 Å². The van der Waals surface area contributed by atoms with Gasteiger partial charge in [-0.2, -0.15) is 0 Å². The van der Waals surface area contributed by atoms with Crippen molar-refractivity contribution in [1.29, 1.82) is 0 Å². The van der Waals surface area contributed by atoms with Crippen LogP contribution in [-0.2, 0) is 7.05 Å². The van der Waals surface area contributed by atoms with E-state index in [1.165, 1.54) is 0 Å². The maximum atomic E-state index is 4.36. The van der Waals surface area contributed by atoms with Gasteiger partial charge < -0.3 is 9.47 Å². The number of rotatable bonds is 3. The SMILES string of the molecule is CC(NN1CCN(C)CC1)c1nccn1C. The van der Waals surface area contributed by atoms with Gasteiger partial charge in [0.1, 0.15) is 5.82 Å². The van der Waals surface area contributed by atoms with Gasteiger partial charge in [0, 0.05) is 45.6 Å². The quantitative estimate of drug-likeness (QED) is 0.796. The van der Waals surface area contributed by atoms with Crippen molar-refractivity contribution in [3.63, 3.8) is 0 Å². The lowest BCUT2D eigenvalue weighted by atomic mass is 10.3. The predicted octanol–water partition coefficient (Wildman–Crippen LogP) is 0.233. The molecule has 0 radical (unpaired) electrons. The highest BCUT2D eigenvalue weighted by Crippen LogP contribution is 2.09. The molecule has 1 N–H and O–H groups in total. The van der Waals surface area contributed by atoms with Crippen molar-refractivity contribution in [2.24, 2.45) is 7.05 Å². The zero-order valence-corrected chi connectivity index (χ0v) is 10.3. The molecule has 1 aliphatic heterocycles. The number of aromatic nitrogens is 2. The summed E-state index contributed by atoms with van der Waals surface area (Å²) in [5.41, 5.74) is 3.51. The Balaban J connectivity index is 1.88. The molecule has 2 heterocycles. The number of hydrogen-bond donors (Lipinski definition) is 1. The minimum absolute atomic E-state index is 0.267. The van der Waals surface area contributed by atoms with Gasteiger partial charge >= 0.3 is 0 Å². The lowest BCUT2D eigenvalue weighted by molar-refractivity contribution is 0.0878. The third-order valence-electron chi connectivity index (χ3n) is 3.13. The molecule has 1 fully saturated rings. The smallest absolute Gasteiger partial charge is 0.126 e. The lowest BCUT2D eigenvalue weighted by Gasteiger charge is -2.34. The molecule has 2 rings (SSSR count). The third kappa shape index (κ3) is 2.61. The van der Waals surface area contributed by atoms with Crippen LogP contribution in [0.4, 0.5) is 0 Å². The number of aryl methyl sites for hydroxylation is 1. The molecule has 0 spiro atoms. The highest BCUT2D eigenvalue weighted by Gasteiger charge is 2.17. The Labute approximate surface area is 97.0 Å². The highest BCUT2D eigenvalue weighted by molar-refractivity contribution is 4.96. The first-order valence-corrected chi connectivity index (χ1v) is 5.83. The highest BCUT2D eigenvalue weighted by atomic mass is 15.5. The summed E-state index contributed by atoms with van der Waals surface area (Å²) >= 11 is 0. The third-order valence-corrected chi connectivity index (χ3v) is 3.13. The maximum Gasteiger partial charge on any atom is 0.126 e. The van der Waals surface area contributed by atoms with E-state index in [1.54, 1.807) is 0 Å². The Kier molecular flexibility index (Phi) is 3.58. The molecular weight excluding hydrogens is 202 g/mol. The van der Waals surface area contributed by atoms with Crippen molar-refractivity contribution in [1.82, 2.24) is 24.9 Å². The first kappa shape index (κ1) is 11.6. The van der Waals surface area contributed by atoms with Gasteiger partial charge in [-0.1, -0.05) is 0 Å². The number of piperazine rings is 1. The Morgan fingerprint density at radius 2 is 1.94 bits per heavy atom. The zero-order valence-electron chi connectivity index (χ0n) is 10.3. The van der Waals surface area contributed by atoms with Crippen molar-refractivity contribution in [3.05, 3.63) is 18.2 Å². The van der Waals surface area contributed by atoms with Crippen LogP contribution in [0.5, 0.6) is 0 Å². The molecule has 5 heteroatoms. The maximum absolute atomic E-state index is 4.36. The summed E-state index contributed by atoms with van der Waals surface area (Å²) in [5.74, 6) is 1.08. The van der Waals surface area contributed by atoms with Gasteiger partial charge in [-0.25, -0.2) is 15.4 Å². The normalized spacial score (nSPS) is 21.2. The molecule has 16 heavy (non-hydrogen) atoms. The molecule has 1 aromatic heterocycles. The van der Waals surface area contributed by atoms with Crippen molar-refractivity contribution in [2.45, 2.75) is 13.0 Å². The molecular formula is C11H21N5. The summed E-state index contributed by atoms with van der Waals surface area (Å²) < 4.78 is 2.06. The Hall–Kier alpha value is -0.910. The Morgan fingerprint density at radius 1 is 1.25 bits per heavy atom. The summed E-state index contributed by atoms with van der Waals surface area (Å²) in [6.45, 7) is 6.55. The molecule has 1 atom stereocenters. The zero-order chi connectivity index (χ0) is 11.5. The summed E-state index contributed by atoms with van der Waals surface area (Å²) in [4.78, 5) is 6.71.